The van der Waals surface area contributed by atoms with E-state index >= 15 is 0 Å². The number of aryl methyl sites for hydroxylation is 1. The minimum absolute atomic E-state index is 0.760. The van der Waals surface area contributed by atoms with Crippen molar-refractivity contribution in [2.24, 2.45) is 0 Å². The van der Waals surface area contributed by atoms with Crippen molar-refractivity contribution in [3.05, 3.63) is 29.3 Å². The number of benzene rings is 1. The van der Waals surface area contributed by atoms with E-state index in [0.29, 0.717) is 0 Å². The fourth-order valence-corrected chi connectivity index (χ4v) is 2.49. The first-order chi connectivity index (χ1) is 10.1. The number of likely N-dealkylation sites (N-methyl/N-ethyl adjacent to an activating group) is 1. The quantitative estimate of drug-likeness (QED) is 0.656. The van der Waals surface area contributed by atoms with Crippen LogP contribution in [0.3, 0.4) is 0 Å². The predicted octanol–water partition coefficient (Wildman–Crippen LogP) is 3.56. The van der Waals surface area contributed by atoms with E-state index in [1.807, 2.05) is 0 Å². The van der Waals surface area contributed by atoms with E-state index in [-0.39, 0.29) is 0 Å². The monoisotopic (exact) mass is 292 g/mol. The smallest absolute Gasteiger partial charge is 0.123 e. The fraction of sp³-hybridized carbons (Fsp3) is 0.667. The van der Waals surface area contributed by atoms with Crippen LogP contribution in [0.4, 0.5) is 0 Å². The lowest BCUT2D eigenvalue weighted by atomic mass is 10.1. The lowest BCUT2D eigenvalue weighted by molar-refractivity contribution is 0.218. The molecule has 0 heterocycles. The molecule has 120 valence electrons. The molecule has 0 fully saturated rings. The third-order valence-electron chi connectivity index (χ3n) is 4.06. The van der Waals surface area contributed by atoms with Gasteiger partial charge in [0.25, 0.3) is 0 Å². The van der Waals surface area contributed by atoms with E-state index in [1.165, 1.54) is 11.1 Å². The van der Waals surface area contributed by atoms with Crippen LogP contribution < -0.4 is 4.74 Å². The topological polar surface area (TPSA) is 15.7 Å². The first-order valence-corrected chi connectivity index (χ1v) is 8.31. The van der Waals surface area contributed by atoms with E-state index in [0.717, 1.165) is 51.6 Å². The molecule has 0 unspecified atom stereocenters. The number of hydrogen-bond acceptors (Lipinski definition) is 3. The van der Waals surface area contributed by atoms with Crippen LogP contribution in [0.15, 0.2) is 18.2 Å². The van der Waals surface area contributed by atoms with Gasteiger partial charge in [-0.05, 0) is 39.2 Å². The highest BCUT2D eigenvalue weighted by Gasteiger charge is 2.09. The second-order valence-corrected chi connectivity index (χ2v) is 5.45. The predicted molar refractivity (Wildman–Crippen MR) is 91.1 cm³/mol. The van der Waals surface area contributed by atoms with Gasteiger partial charge in [-0.25, -0.2) is 0 Å². The Morgan fingerprint density at radius 3 is 2.10 bits per heavy atom. The normalized spacial score (nSPS) is 11.4. The molecule has 1 rings (SSSR count). The van der Waals surface area contributed by atoms with E-state index in [2.05, 4.69) is 62.6 Å². The van der Waals surface area contributed by atoms with Crippen molar-refractivity contribution in [3.63, 3.8) is 0 Å². The SMILES string of the molecule is CCN(CC)CCOc1ccc(C)cc1CN(CC)CC. The molecule has 0 bridgehead atoms. The highest BCUT2D eigenvalue weighted by molar-refractivity contribution is 5.36. The maximum Gasteiger partial charge on any atom is 0.123 e. The zero-order valence-electron chi connectivity index (χ0n) is 14.5. The van der Waals surface area contributed by atoms with Crippen molar-refractivity contribution in [2.45, 2.75) is 41.2 Å². The largest absolute Gasteiger partial charge is 0.492 e. The molecule has 1 aromatic carbocycles. The van der Waals surface area contributed by atoms with Gasteiger partial charge in [0.15, 0.2) is 0 Å². The molecule has 0 aromatic heterocycles. The molecule has 0 aliphatic carbocycles. The van der Waals surface area contributed by atoms with Gasteiger partial charge < -0.3 is 9.64 Å². The molecule has 0 spiro atoms. The summed E-state index contributed by atoms with van der Waals surface area (Å²) in [4.78, 5) is 4.81. The summed E-state index contributed by atoms with van der Waals surface area (Å²) in [6.07, 6.45) is 0. The van der Waals surface area contributed by atoms with Gasteiger partial charge in [0.1, 0.15) is 12.4 Å². The fourth-order valence-electron chi connectivity index (χ4n) is 2.49. The van der Waals surface area contributed by atoms with Crippen LogP contribution in [0.1, 0.15) is 38.8 Å². The molecule has 0 atom stereocenters. The molecule has 0 aliphatic heterocycles. The molecule has 3 nitrogen and oxygen atoms in total. The molecule has 0 N–H and O–H groups in total. The Bertz CT molecular complexity index is 398. The highest BCUT2D eigenvalue weighted by Crippen LogP contribution is 2.22. The molecule has 0 aliphatic rings. The van der Waals surface area contributed by atoms with E-state index in [9.17, 15) is 0 Å². The molecule has 21 heavy (non-hydrogen) atoms. The van der Waals surface area contributed by atoms with Gasteiger partial charge in [-0.2, -0.15) is 0 Å². The van der Waals surface area contributed by atoms with E-state index in [4.69, 9.17) is 4.74 Å². The van der Waals surface area contributed by atoms with Gasteiger partial charge >= 0.3 is 0 Å². The number of nitrogens with zero attached hydrogens (tertiary/aromatic N) is 2. The standard InChI is InChI=1S/C18H32N2O/c1-6-19(7-2)12-13-21-18-11-10-16(5)14-17(18)15-20(8-3)9-4/h10-11,14H,6-9,12-13,15H2,1-5H3. The van der Waals surface area contributed by atoms with Crippen molar-refractivity contribution in [2.75, 3.05) is 39.3 Å². The van der Waals surface area contributed by atoms with Crippen LogP contribution in [0.25, 0.3) is 0 Å². The summed E-state index contributed by atoms with van der Waals surface area (Å²) in [6.45, 7) is 18.0. The molecular formula is C18H32N2O. The van der Waals surface area contributed by atoms with Gasteiger partial charge in [-0.15, -0.1) is 0 Å². The van der Waals surface area contributed by atoms with Crippen LogP contribution in [0.2, 0.25) is 0 Å². The van der Waals surface area contributed by atoms with E-state index in [1.54, 1.807) is 0 Å². The van der Waals surface area contributed by atoms with Crippen molar-refractivity contribution in [1.82, 2.24) is 9.80 Å². The molecule has 1 aromatic rings. The maximum atomic E-state index is 6.05. The number of ether oxygens (including phenoxy) is 1. The number of hydrogen-bond donors (Lipinski definition) is 0. The van der Waals surface area contributed by atoms with Crippen molar-refractivity contribution in [1.29, 1.82) is 0 Å². The lowest BCUT2D eigenvalue weighted by Crippen LogP contribution is -2.28. The summed E-state index contributed by atoms with van der Waals surface area (Å²) >= 11 is 0. The molecule has 3 heteroatoms. The van der Waals surface area contributed by atoms with Crippen LogP contribution in [-0.2, 0) is 6.54 Å². The average molecular weight is 292 g/mol. The molecular weight excluding hydrogens is 260 g/mol. The van der Waals surface area contributed by atoms with Gasteiger partial charge in [0.2, 0.25) is 0 Å². The van der Waals surface area contributed by atoms with Crippen LogP contribution in [-0.4, -0.2) is 49.1 Å². The summed E-state index contributed by atoms with van der Waals surface area (Å²) in [5, 5.41) is 0. The summed E-state index contributed by atoms with van der Waals surface area (Å²) in [5.74, 6) is 1.04. The Labute approximate surface area is 130 Å². The second kappa shape index (κ2) is 9.80. The average Bonchev–Trinajstić information content (AvgIpc) is 2.50. The van der Waals surface area contributed by atoms with Gasteiger partial charge in [0, 0.05) is 18.7 Å². The van der Waals surface area contributed by atoms with Crippen LogP contribution >= 0.6 is 0 Å². The first kappa shape index (κ1) is 18.0. The highest BCUT2D eigenvalue weighted by atomic mass is 16.5. The summed E-state index contributed by atoms with van der Waals surface area (Å²) in [6, 6.07) is 6.51. The Morgan fingerprint density at radius 1 is 0.905 bits per heavy atom. The Hall–Kier alpha value is -1.06. The van der Waals surface area contributed by atoms with Gasteiger partial charge in [-0.1, -0.05) is 45.4 Å². The minimum Gasteiger partial charge on any atom is -0.492 e. The second-order valence-electron chi connectivity index (χ2n) is 5.45. The van der Waals surface area contributed by atoms with Gasteiger partial charge in [-0.3, -0.25) is 4.90 Å². The number of rotatable bonds is 10. The summed E-state index contributed by atoms with van der Waals surface area (Å²) in [5.41, 5.74) is 2.60. The van der Waals surface area contributed by atoms with Gasteiger partial charge in [0.05, 0.1) is 0 Å². The molecule has 0 saturated carbocycles. The molecule has 0 amide bonds. The van der Waals surface area contributed by atoms with Crippen LogP contribution in [0, 0.1) is 6.92 Å². The molecule has 0 radical (unpaired) electrons. The Balaban J connectivity index is 2.68. The van der Waals surface area contributed by atoms with Crippen LogP contribution in [0.5, 0.6) is 5.75 Å². The Morgan fingerprint density at radius 2 is 1.52 bits per heavy atom. The maximum absolute atomic E-state index is 6.05. The lowest BCUT2D eigenvalue weighted by Gasteiger charge is -2.22. The zero-order valence-corrected chi connectivity index (χ0v) is 14.5. The zero-order chi connectivity index (χ0) is 15.7. The summed E-state index contributed by atoms with van der Waals surface area (Å²) < 4.78 is 6.05. The van der Waals surface area contributed by atoms with Crippen molar-refractivity contribution < 1.29 is 4.74 Å². The van der Waals surface area contributed by atoms with E-state index < -0.39 is 0 Å². The summed E-state index contributed by atoms with van der Waals surface area (Å²) in [7, 11) is 0. The third-order valence-corrected chi connectivity index (χ3v) is 4.06. The third kappa shape index (κ3) is 6.06. The first-order valence-electron chi connectivity index (χ1n) is 8.31. The van der Waals surface area contributed by atoms with Crippen molar-refractivity contribution >= 4 is 0 Å². The minimum atomic E-state index is 0.760. The molecule has 0 saturated heterocycles. The Kier molecular flexibility index (Phi) is 8.40. The van der Waals surface area contributed by atoms with Crippen molar-refractivity contribution in [3.8, 4) is 5.75 Å².